The van der Waals surface area contributed by atoms with Gasteiger partial charge in [0.1, 0.15) is 5.01 Å². The van der Waals surface area contributed by atoms with Gasteiger partial charge in [-0.2, -0.15) is 0 Å². The molecule has 0 saturated carbocycles. The van der Waals surface area contributed by atoms with Crippen LogP contribution in [0.15, 0.2) is 78.3 Å². The van der Waals surface area contributed by atoms with Crippen molar-refractivity contribution in [3.63, 3.8) is 0 Å². The number of benzene rings is 2. The molecule has 33 heavy (non-hydrogen) atoms. The highest BCUT2D eigenvalue weighted by Crippen LogP contribution is 2.22. The summed E-state index contributed by atoms with van der Waals surface area (Å²) in [5, 5.41) is 5.54. The van der Waals surface area contributed by atoms with E-state index in [2.05, 4.69) is 27.1 Å². The molecule has 0 saturated heterocycles. The Bertz CT molecular complexity index is 1350. The summed E-state index contributed by atoms with van der Waals surface area (Å²) < 4.78 is 4.74. The molecule has 6 nitrogen and oxygen atoms in total. The van der Waals surface area contributed by atoms with Crippen molar-refractivity contribution >= 4 is 28.9 Å². The molecule has 0 aliphatic rings. The van der Waals surface area contributed by atoms with Crippen LogP contribution in [0.3, 0.4) is 0 Å². The molecule has 0 spiro atoms. The van der Waals surface area contributed by atoms with Crippen molar-refractivity contribution < 1.29 is 14.3 Å². The summed E-state index contributed by atoms with van der Waals surface area (Å²) in [7, 11) is 1.34. The van der Waals surface area contributed by atoms with Crippen molar-refractivity contribution in [3.05, 3.63) is 101 Å². The molecule has 4 rings (SSSR count). The average molecular weight is 454 g/mol. The molecule has 1 amide bonds. The smallest absolute Gasteiger partial charge is 0.337 e. The molecule has 0 atom stereocenters. The van der Waals surface area contributed by atoms with Crippen molar-refractivity contribution in [3.8, 4) is 22.5 Å². The average Bonchev–Trinajstić information content (AvgIpc) is 3.31. The van der Waals surface area contributed by atoms with Crippen LogP contribution in [0.2, 0.25) is 0 Å². The fourth-order valence-electron chi connectivity index (χ4n) is 3.03. The molecule has 0 bridgehead atoms. The fourth-order valence-corrected chi connectivity index (χ4v) is 3.82. The Balaban J connectivity index is 1.41. The largest absolute Gasteiger partial charge is 0.465 e. The number of esters is 1. The molecular formula is C26H19N3O3S. The number of ether oxygens (including phenoxy) is 1. The molecule has 4 aromatic rings. The molecule has 0 unspecified atom stereocenters. The summed E-state index contributed by atoms with van der Waals surface area (Å²) in [6.07, 6.45) is 1.88. The molecule has 0 aliphatic carbocycles. The Morgan fingerprint density at radius 1 is 1.00 bits per heavy atom. The number of amides is 1. The second-order valence-electron chi connectivity index (χ2n) is 6.99. The van der Waals surface area contributed by atoms with E-state index in [4.69, 9.17) is 4.74 Å². The number of nitrogens with one attached hydrogen (secondary N) is 1. The number of nitrogens with zero attached hydrogens (tertiary/aromatic N) is 2. The van der Waals surface area contributed by atoms with Gasteiger partial charge in [0.2, 0.25) is 5.91 Å². The van der Waals surface area contributed by atoms with Crippen LogP contribution in [-0.4, -0.2) is 29.0 Å². The normalized spacial score (nSPS) is 10.1. The number of hydrogen-bond acceptors (Lipinski definition) is 6. The van der Waals surface area contributed by atoms with Gasteiger partial charge in [0, 0.05) is 28.4 Å². The highest BCUT2D eigenvalue weighted by Gasteiger charge is 2.10. The van der Waals surface area contributed by atoms with E-state index < -0.39 is 5.97 Å². The molecule has 2 aromatic carbocycles. The summed E-state index contributed by atoms with van der Waals surface area (Å²) in [6.45, 7) is 0. The highest BCUT2D eigenvalue weighted by molar-refractivity contribution is 7.13. The number of thiazole rings is 1. The van der Waals surface area contributed by atoms with Crippen LogP contribution in [-0.2, 0) is 16.0 Å². The van der Waals surface area contributed by atoms with Gasteiger partial charge in [-0.1, -0.05) is 30.0 Å². The number of anilines is 1. The number of hydrogen-bond donors (Lipinski definition) is 1. The van der Waals surface area contributed by atoms with Crippen LogP contribution in [0.1, 0.15) is 27.2 Å². The third-order valence-corrected chi connectivity index (χ3v) is 5.47. The van der Waals surface area contributed by atoms with Crippen LogP contribution in [0.4, 0.5) is 5.69 Å². The maximum atomic E-state index is 12.5. The van der Waals surface area contributed by atoms with Crippen LogP contribution in [0.25, 0.3) is 10.7 Å². The fraction of sp³-hybridized carbons (Fsp3) is 0.0769. The van der Waals surface area contributed by atoms with Crippen molar-refractivity contribution in [2.45, 2.75) is 6.42 Å². The third-order valence-electron chi connectivity index (χ3n) is 4.56. The molecule has 2 heterocycles. The first kappa shape index (κ1) is 21.9. The van der Waals surface area contributed by atoms with E-state index in [9.17, 15) is 9.59 Å². The number of carbonyl (C=O) groups excluding carboxylic acids is 2. The highest BCUT2D eigenvalue weighted by atomic mass is 32.1. The molecule has 0 fully saturated rings. The minimum Gasteiger partial charge on any atom is -0.465 e. The maximum absolute atomic E-state index is 12.5. The standard InChI is InChI=1S/C26H19N3O3S/c1-32-26(31)20-8-4-6-18(14-20)11-12-19-7-5-9-21(15-19)28-24(30)16-22-17-33-25(29-22)23-10-2-3-13-27-23/h2-10,13-15,17H,16H2,1H3,(H,28,30). The number of carbonyl (C=O) groups is 2. The molecule has 2 aromatic heterocycles. The predicted octanol–water partition coefficient (Wildman–Crippen LogP) is 4.57. The van der Waals surface area contributed by atoms with Gasteiger partial charge in [0.05, 0.1) is 30.5 Å². The van der Waals surface area contributed by atoms with Crippen LogP contribution < -0.4 is 5.32 Å². The van der Waals surface area contributed by atoms with E-state index in [0.717, 1.165) is 16.3 Å². The number of aromatic nitrogens is 2. The van der Waals surface area contributed by atoms with E-state index in [1.807, 2.05) is 41.8 Å². The molecule has 0 aliphatic heterocycles. The zero-order chi connectivity index (χ0) is 23.0. The SMILES string of the molecule is COC(=O)c1cccc(C#Cc2cccc(NC(=O)Cc3csc(-c4ccccn4)n3)c2)c1. The van der Waals surface area contributed by atoms with Gasteiger partial charge < -0.3 is 10.1 Å². The van der Waals surface area contributed by atoms with Gasteiger partial charge in [-0.15, -0.1) is 11.3 Å². The Kier molecular flexibility index (Phi) is 6.88. The van der Waals surface area contributed by atoms with Crippen LogP contribution >= 0.6 is 11.3 Å². The summed E-state index contributed by atoms with van der Waals surface area (Å²) in [4.78, 5) is 33.0. The van der Waals surface area contributed by atoms with Gasteiger partial charge in [-0.05, 0) is 48.5 Å². The lowest BCUT2D eigenvalue weighted by atomic mass is 10.1. The van der Waals surface area contributed by atoms with E-state index in [-0.39, 0.29) is 12.3 Å². The van der Waals surface area contributed by atoms with Crippen LogP contribution in [0.5, 0.6) is 0 Å². The van der Waals surface area contributed by atoms with Gasteiger partial charge in [0.25, 0.3) is 0 Å². The van der Waals surface area contributed by atoms with E-state index in [1.165, 1.54) is 18.4 Å². The minimum atomic E-state index is -0.407. The second-order valence-corrected chi connectivity index (χ2v) is 7.85. The van der Waals surface area contributed by atoms with Gasteiger partial charge >= 0.3 is 5.97 Å². The third kappa shape index (κ3) is 5.91. The van der Waals surface area contributed by atoms with Crippen molar-refractivity contribution in [2.75, 3.05) is 12.4 Å². The lowest BCUT2D eigenvalue weighted by Gasteiger charge is -2.04. The monoisotopic (exact) mass is 453 g/mol. The topological polar surface area (TPSA) is 81.2 Å². The molecular weight excluding hydrogens is 434 g/mol. The van der Waals surface area contributed by atoms with Gasteiger partial charge in [-0.3, -0.25) is 9.78 Å². The van der Waals surface area contributed by atoms with E-state index >= 15 is 0 Å². The number of methoxy groups -OCH3 is 1. The number of pyridine rings is 1. The first-order valence-corrected chi connectivity index (χ1v) is 10.9. The summed E-state index contributed by atoms with van der Waals surface area (Å²) in [6, 6.07) is 19.9. The summed E-state index contributed by atoms with van der Waals surface area (Å²) in [5.41, 5.74) is 4.01. The predicted molar refractivity (Wildman–Crippen MR) is 128 cm³/mol. The van der Waals surface area contributed by atoms with Crippen molar-refractivity contribution in [1.82, 2.24) is 9.97 Å². The van der Waals surface area contributed by atoms with Crippen LogP contribution in [0, 0.1) is 11.8 Å². The Morgan fingerprint density at radius 2 is 1.79 bits per heavy atom. The zero-order valence-electron chi connectivity index (χ0n) is 17.7. The Morgan fingerprint density at radius 3 is 2.55 bits per heavy atom. The summed E-state index contributed by atoms with van der Waals surface area (Å²) >= 11 is 1.46. The van der Waals surface area contributed by atoms with Crippen molar-refractivity contribution in [2.24, 2.45) is 0 Å². The lowest BCUT2D eigenvalue weighted by Crippen LogP contribution is -2.14. The van der Waals surface area contributed by atoms with E-state index in [1.54, 1.807) is 36.5 Å². The van der Waals surface area contributed by atoms with E-state index in [0.29, 0.717) is 22.5 Å². The Labute approximate surface area is 195 Å². The van der Waals surface area contributed by atoms with Gasteiger partial charge in [-0.25, -0.2) is 9.78 Å². The first-order chi connectivity index (χ1) is 16.1. The summed E-state index contributed by atoms with van der Waals surface area (Å²) in [5.74, 6) is 5.52. The zero-order valence-corrected chi connectivity index (χ0v) is 18.6. The lowest BCUT2D eigenvalue weighted by molar-refractivity contribution is -0.115. The molecule has 0 radical (unpaired) electrons. The Hall–Kier alpha value is -4.28. The first-order valence-electron chi connectivity index (χ1n) is 10.1. The van der Waals surface area contributed by atoms with Crippen molar-refractivity contribution in [1.29, 1.82) is 0 Å². The maximum Gasteiger partial charge on any atom is 0.337 e. The number of rotatable bonds is 5. The minimum absolute atomic E-state index is 0.163. The second kappa shape index (κ2) is 10.4. The quantitative estimate of drug-likeness (QED) is 0.354. The molecule has 162 valence electrons. The van der Waals surface area contributed by atoms with Gasteiger partial charge in [0.15, 0.2) is 0 Å². The molecule has 1 N–H and O–H groups in total. The molecule has 7 heteroatoms.